The van der Waals surface area contributed by atoms with Gasteiger partial charge in [-0.05, 0) is 48.2 Å². The Bertz CT molecular complexity index is 577. The fourth-order valence-electron chi connectivity index (χ4n) is 2.62. The van der Waals surface area contributed by atoms with Crippen LogP contribution in [-0.4, -0.2) is 12.1 Å². The number of rotatable bonds is 2. The normalized spacial score (nSPS) is 26.2. The zero-order valence-corrected chi connectivity index (χ0v) is 17.9. The molecule has 2 fully saturated rings. The quantitative estimate of drug-likeness (QED) is 0.587. The molecule has 2 aliphatic carbocycles. The second-order valence-corrected chi connectivity index (χ2v) is 7.95. The Morgan fingerprint density at radius 1 is 0.625 bits per heavy atom. The number of hydrogen-bond donors (Lipinski definition) is 2. The van der Waals surface area contributed by atoms with Crippen molar-refractivity contribution in [1.82, 2.24) is 0 Å². The molecule has 4 N–H and O–H groups in total. The molecular weight excluding hydrogens is 475 g/mol. The maximum atomic E-state index is 5.72. The van der Waals surface area contributed by atoms with Crippen LogP contribution in [0.3, 0.4) is 0 Å². The maximum absolute atomic E-state index is 5.72. The topological polar surface area (TPSA) is 52.0 Å². The molecule has 2 aromatic carbocycles. The molecule has 0 spiro atoms. The molecule has 2 aliphatic rings. The van der Waals surface area contributed by atoms with Gasteiger partial charge in [0, 0.05) is 32.9 Å². The monoisotopic (exact) mass is 494 g/mol. The van der Waals surface area contributed by atoms with Crippen molar-refractivity contribution in [2.75, 3.05) is 0 Å². The molecule has 0 radical (unpaired) electrons. The molecule has 132 valence electrons. The van der Waals surface area contributed by atoms with Gasteiger partial charge in [-0.2, -0.15) is 0 Å². The van der Waals surface area contributed by atoms with Crippen LogP contribution < -0.4 is 11.5 Å². The minimum Gasteiger partial charge on any atom is -0.327 e. The van der Waals surface area contributed by atoms with E-state index in [1.807, 2.05) is 0 Å². The number of hydrogen-bond acceptors (Lipinski definition) is 2. The van der Waals surface area contributed by atoms with Crippen LogP contribution in [0.5, 0.6) is 0 Å². The predicted octanol–water partition coefficient (Wildman–Crippen LogP) is 5.37. The lowest BCUT2D eigenvalue weighted by Crippen LogP contribution is -2.00. The van der Waals surface area contributed by atoms with Gasteiger partial charge in [-0.3, -0.25) is 0 Å². The molecule has 4 atom stereocenters. The van der Waals surface area contributed by atoms with E-state index in [0.29, 0.717) is 23.9 Å². The number of halogens is 4. The molecule has 0 unspecified atom stereocenters. The fourth-order valence-corrected chi connectivity index (χ4v) is 3.14. The summed E-state index contributed by atoms with van der Waals surface area (Å²) >= 11 is 6.80. The summed E-state index contributed by atoms with van der Waals surface area (Å²) in [6.07, 6.45) is 2.31. The Hall–Kier alpha value is -0.100. The lowest BCUT2D eigenvalue weighted by Gasteiger charge is -1.96. The van der Waals surface area contributed by atoms with E-state index in [2.05, 4.69) is 80.4 Å². The van der Waals surface area contributed by atoms with Crippen LogP contribution in [0.15, 0.2) is 57.5 Å². The largest absolute Gasteiger partial charge is 0.327 e. The van der Waals surface area contributed by atoms with Crippen molar-refractivity contribution < 1.29 is 0 Å². The van der Waals surface area contributed by atoms with Gasteiger partial charge >= 0.3 is 0 Å². The zero-order chi connectivity index (χ0) is 15.7. The third kappa shape index (κ3) is 6.01. The third-order valence-electron chi connectivity index (χ3n) is 4.28. The predicted molar refractivity (Wildman–Crippen MR) is 113 cm³/mol. The van der Waals surface area contributed by atoms with Gasteiger partial charge in [-0.15, -0.1) is 24.8 Å². The van der Waals surface area contributed by atoms with E-state index in [4.69, 9.17) is 11.5 Å². The highest BCUT2D eigenvalue weighted by molar-refractivity contribution is 9.10. The van der Waals surface area contributed by atoms with Crippen molar-refractivity contribution in [2.24, 2.45) is 11.5 Å². The van der Waals surface area contributed by atoms with E-state index < -0.39 is 0 Å². The van der Waals surface area contributed by atoms with E-state index in [1.54, 1.807) is 0 Å². The molecular formula is C18H22Br2Cl2N2. The van der Waals surface area contributed by atoms with Crippen LogP contribution in [0.4, 0.5) is 0 Å². The minimum atomic E-state index is 0. The first-order chi connectivity index (χ1) is 10.5. The van der Waals surface area contributed by atoms with Gasteiger partial charge in [0.15, 0.2) is 0 Å². The van der Waals surface area contributed by atoms with Crippen molar-refractivity contribution in [3.05, 3.63) is 68.6 Å². The second-order valence-electron chi connectivity index (χ2n) is 6.12. The molecule has 0 heterocycles. The molecule has 0 amide bonds. The van der Waals surface area contributed by atoms with Crippen LogP contribution >= 0.6 is 56.7 Å². The summed E-state index contributed by atoms with van der Waals surface area (Å²) in [5.41, 5.74) is 14.2. The van der Waals surface area contributed by atoms with Crippen molar-refractivity contribution in [3.8, 4) is 0 Å². The molecule has 4 rings (SSSR count). The summed E-state index contributed by atoms with van der Waals surface area (Å²) in [6.45, 7) is 0. The zero-order valence-electron chi connectivity index (χ0n) is 13.1. The molecule has 0 aliphatic heterocycles. The SMILES string of the molecule is Cl.Cl.N[C@@H]1C[C@@H]1c1ccc(Br)cc1.N[C@H]1C[C@H]1c1ccc(Br)cc1. The third-order valence-corrected chi connectivity index (χ3v) is 5.33. The van der Waals surface area contributed by atoms with Crippen LogP contribution in [0.25, 0.3) is 0 Å². The number of nitrogens with two attached hydrogens (primary N) is 2. The summed E-state index contributed by atoms with van der Waals surface area (Å²) in [5.74, 6) is 1.26. The molecule has 2 saturated carbocycles. The van der Waals surface area contributed by atoms with E-state index >= 15 is 0 Å². The smallest absolute Gasteiger partial charge is 0.0175 e. The van der Waals surface area contributed by atoms with Crippen molar-refractivity contribution in [3.63, 3.8) is 0 Å². The highest BCUT2D eigenvalue weighted by Crippen LogP contribution is 2.39. The first-order valence-corrected chi connectivity index (χ1v) is 9.15. The maximum Gasteiger partial charge on any atom is 0.0175 e. The Morgan fingerprint density at radius 3 is 1.08 bits per heavy atom. The average Bonchev–Trinajstić information content (AvgIpc) is 3.41. The first kappa shape index (κ1) is 21.9. The minimum absolute atomic E-state index is 0. The highest BCUT2D eigenvalue weighted by Gasteiger charge is 2.35. The highest BCUT2D eigenvalue weighted by atomic mass is 79.9. The van der Waals surface area contributed by atoms with E-state index in [9.17, 15) is 0 Å². The lowest BCUT2D eigenvalue weighted by atomic mass is 10.1. The molecule has 0 aromatic heterocycles. The van der Waals surface area contributed by atoms with Crippen molar-refractivity contribution in [2.45, 2.75) is 36.8 Å². The molecule has 6 heteroatoms. The molecule has 0 bridgehead atoms. The number of benzene rings is 2. The van der Waals surface area contributed by atoms with Gasteiger partial charge in [-0.25, -0.2) is 0 Å². The average molecular weight is 497 g/mol. The molecule has 2 aromatic rings. The van der Waals surface area contributed by atoms with Gasteiger partial charge in [0.25, 0.3) is 0 Å². The summed E-state index contributed by atoms with van der Waals surface area (Å²) < 4.78 is 2.27. The summed E-state index contributed by atoms with van der Waals surface area (Å²) in [6, 6.07) is 17.7. The van der Waals surface area contributed by atoms with Crippen LogP contribution in [-0.2, 0) is 0 Å². The van der Waals surface area contributed by atoms with Crippen LogP contribution in [0.2, 0.25) is 0 Å². The Labute approximate surface area is 172 Å². The summed E-state index contributed by atoms with van der Waals surface area (Å²) in [7, 11) is 0. The Morgan fingerprint density at radius 2 is 0.875 bits per heavy atom. The molecule has 2 nitrogen and oxygen atoms in total. The van der Waals surface area contributed by atoms with E-state index in [-0.39, 0.29) is 24.8 Å². The van der Waals surface area contributed by atoms with Crippen LogP contribution in [0.1, 0.15) is 35.8 Å². The summed E-state index contributed by atoms with van der Waals surface area (Å²) in [4.78, 5) is 0. The van der Waals surface area contributed by atoms with Crippen molar-refractivity contribution >= 4 is 56.7 Å². The standard InChI is InChI=1S/2C9H10BrN.2ClH/c2*10-7-3-1-6(2-4-7)8-5-9(8)11;;/h2*1-4,8-9H,5,11H2;2*1H/t2*8-,9-;;/m10../s1. The first-order valence-electron chi connectivity index (χ1n) is 7.56. The fraction of sp³-hybridized carbons (Fsp3) is 0.333. The van der Waals surface area contributed by atoms with E-state index in [1.165, 1.54) is 11.1 Å². The molecule has 0 saturated heterocycles. The summed E-state index contributed by atoms with van der Waals surface area (Å²) in [5, 5.41) is 0. The van der Waals surface area contributed by atoms with Gasteiger partial charge in [-0.1, -0.05) is 56.1 Å². The van der Waals surface area contributed by atoms with Crippen molar-refractivity contribution in [1.29, 1.82) is 0 Å². The van der Waals surface area contributed by atoms with E-state index in [0.717, 1.165) is 21.8 Å². The Kier molecular flexibility index (Phi) is 8.74. The van der Waals surface area contributed by atoms with Crippen LogP contribution in [0, 0.1) is 0 Å². The lowest BCUT2D eigenvalue weighted by molar-refractivity contribution is 0.990. The van der Waals surface area contributed by atoms with Gasteiger partial charge in [0.05, 0.1) is 0 Å². The Balaban J connectivity index is 0.000000222. The molecule has 24 heavy (non-hydrogen) atoms. The van der Waals surface area contributed by atoms with Gasteiger partial charge in [0.1, 0.15) is 0 Å². The van der Waals surface area contributed by atoms with Gasteiger partial charge in [0.2, 0.25) is 0 Å². The van der Waals surface area contributed by atoms with Gasteiger partial charge < -0.3 is 11.5 Å². The second kappa shape index (κ2) is 9.56.